The second-order valence-electron chi connectivity index (χ2n) is 5.67. The average Bonchev–Trinajstić information content (AvgIpc) is 2.27. The van der Waals surface area contributed by atoms with Crippen LogP contribution in [0, 0.1) is 11.8 Å². The van der Waals surface area contributed by atoms with Gasteiger partial charge in [0.15, 0.2) is 0 Å². The van der Waals surface area contributed by atoms with Crippen molar-refractivity contribution in [1.29, 1.82) is 0 Å². The fraction of sp³-hybridized carbons (Fsp3) is 0.917. The summed E-state index contributed by atoms with van der Waals surface area (Å²) in [6.07, 6.45) is -3.43. The molecule has 3 nitrogen and oxygen atoms in total. The van der Waals surface area contributed by atoms with Crippen molar-refractivity contribution in [3.8, 4) is 0 Å². The molecule has 0 aromatic rings. The van der Waals surface area contributed by atoms with E-state index in [1.807, 2.05) is 0 Å². The van der Waals surface area contributed by atoms with Crippen LogP contribution in [0.5, 0.6) is 0 Å². The van der Waals surface area contributed by atoms with Crippen molar-refractivity contribution in [3.05, 3.63) is 0 Å². The Hall–Kier alpha value is -0.780. The third-order valence-electron chi connectivity index (χ3n) is 3.53. The Morgan fingerprint density at radius 3 is 2.11 bits per heavy atom. The lowest BCUT2D eigenvalue weighted by Gasteiger charge is -2.32. The molecule has 0 unspecified atom stereocenters. The lowest BCUT2D eigenvalue weighted by Crippen LogP contribution is -2.51. The summed E-state index contributed by atoms with van der Waals surface area (Å²) in [7, 11) is 0. The molecule has 1 saturated carbocycles. The molecule has 6 heteroatoms. The molecule has 1 aliphatic carbocycles. The molecule has 106 valence electrons. The van der Waals surface area contributed by atoms with Crippen LogP contribution in [-0.2, 0) is 4.79 Å². The van der Waals surface area contributed by atoms with Gasteiger partial charge in [-0.25, -0.2) is 0 Å². The van der Waals surface area contributed by atoms with E-state index < -0.39 is 17.6 Å². The standard InChI is InChI=1S/C12H21F3N2O/c1-11(2,7-16)17-10(18)8-3-5-9(6-4-8)12(13,14)15/h8-9H,3-7,16H2,1-2H3,(H,17,18). The van der Waals surface area contributed by atoms with Gasteiger partial charge in [-0.1, -0.05) is 0 Å². The smallest absolute Gasteiger partial charge is 0.350 e. The quantitative estimate of drug-likeness (QED) is 0.823. The first-order valence-electron chi connectivity index (χ1n) is 6.24. The Labute approximate surface area is 105 Å². The van der Waals surface area contributed by atoms with E-state index in [1.54, 1.807) is 13.8 Å². The zero-order valence-corrected chi connectivity index (χ0v) is 10.8. The predicted molar refractivity (Wildman–Crippen MR) is 62.8 cm³/mol. The number of rotatable bonds is 3. The maximum atomic E-state index is 12.5. The van der Waals surface area contributed by atoms with Crippen molar-refractivity contribution in [3.63, 3.8) is 0 Å². The summed E-state index contributed by atoms with van der Waals surface area (Å²) in [5.74, 6) is -1.73. The highest BCUT2D eigenvalue weighted by atomic mass is 19.4. The first kappa shape index (κ1) is 15.3. The number of nitrogens with two attached hydrogens (primary N) is 1. The van der Waals surface area contributed by atoms with Crippen LogP contribution in [0.1, 0.15) is 39.5 Å². The maximum Gasteiger partial charge on any atom is 0.391 e. The fourth-order valence-corrected chi connectivity index (χ4v) is 2.17. The highest BCUT2D eigenvalue weighted by Crippen LogP contribution is 2.39. The van der Waals surface area contributed by atoms with Crippen LogP contribution in [0.15, 0.2) is 0 Å². The molecule has 3 N–H and O–H groups in total. The Balaban J connectivity index is 2.46. The van der Waals surface area contributed by atoms with Crippen LogP contribution in [0.25, 0.3) is 0 Å². The van der Waals surface area contributed by atoms with Gasteiger partial charge in [-0.3, -0.25) is 4.79 Å². The van der Waals surface area contributed by atoms with E-state index in [4.69, 9.17) is 5.73 Å². The van der Waals surface area contributed by atoms with Crippen molar-refractivity contribution in [2.75, 3.05) is 6.54 Å². The largest absolute Gasteiger partial charge is 0.391 e. The minimum Gasteiger partial charge on any atom is -0.350 e. The molecule has 0 aromatic carbocycles. The van der Waals surface area contributed by atoms with Crippen molar-refractivity contribution in [1.82, 2.24) is 5.32 Å². The molecule has 0 atom stereocenters. The lowest BCUT2D eigenvalue weighted by atomic mass is 9.81. The summed E-state index contributed by atoms with van der Waals surface area (Å²) in [5.41, 5.74) is 5.00. The zero-order valence-electron chi connectivity index (χ0n) is 10.8. The van der Waals surface area contributed by atoms with Gasteiger partial charge in [0.2, 0.25) is 5.91 Å². The van der Waals surface area contributed by atoms with E-state index in [-0.39, 0.29) is 24.7 Å². The molecule has 1 aliphatic rings. The topological polar surface area (TPSA) is 55.1 Å². The van der Waals surface area contributed by atoms with E-state index in [1.165, 1.54) is 0 Å². The van der Waals surface area contributed by atoms with Crippen LogP contribution in [0.3, 0.4) is 0 Å². The van der Waals surface area contributed by atoms with Crippen LogP contribution in [0.4, 0.5) is 13.2 Å². The minimum atomic E-state index is -4.13. The highest BCUT2D eigenvalue weighted by Gasteiger charge is 2.42. The van der Waals surface area contributed by atoms with E-state index in [2.05, 4.69) is 5.32 Å². The van der Waals surface area contributed by atoms with Crippen molar-refractivity contribution in [2.45, 2.75) is 51.2 Å². The molecule has 0 bridgehead atoms. The molecule has 1 amide bonds. The summed E-state index contributed by atoms with van der Waals surface area (Å²) in [6.45, 7) is 3.90. The van der Waals surface area contributed by atoms with Crippen LogP contribution in [-0.4, -0.2) is 24.2 Å². The van der Waals surface area contributed by atoms with Gasteiger partial charge in [0, 0.05) is 18.0 Å². The van der Waals surface area contributed by atoms with Gasteiger partial charge < -0.3 is 11.1 Å². The molecule has 18 heavy (non-hydrogen) atoms. The number of carbonyl (C=O) groups excluding carboxylic acids is 1. The van der Waals surface area contributed by atoms with Crippen LogP contribution >= 0.6 is 0 Å². The van der Waals surface area contributed by atoms with Crippen LogP contribution in [0.2, 0.25) is 0 Å². The summed E-state index contributed by atoms with van der Waals surface area (Å²) >= 11 is 0. The first-order chi connectivity index (χ1) is 8.15. The first-order valence-corrected chi connectivity index (χ1v) is 6.24. The minimum absolute atomic E-state index is 0.0463. The lowest BCUT2D eigenvalue weighted by molar-refractivity contribution is -0.184. The molecule has 0 spiro atoms. The molecule has 1 rings (SSSR count). The highest BCUT2D eigenvalue weighted by molar-refractivity contribution is 5.79. The normalized spacial score (nSPS) is 25.9. The van der Waals surface area contributed by atoms with Gasteiger partial charge in [-0.05, 0) is 39.5 Å². The van der Waals surface area contributed by atoms with Crippen molar-refractivity contribution < 1.29 is 18.0 Å². The van der Waals surface area contributed by atoms with E-state index in [9.17, 15) is 18.0 Å². The molecule has 1 fully saturated rings. The third-order valence-corrected chi connectivity index (χ3v) is 3.53. The van der Waals surface area contributed by atoms with Crippen molar-refractivity contribution >= 4 is 5.91 Å². The van der Waals surface area contributed by atoms with Gasteiger partial charge in [0.1, 0.15) is 0 Å². The maximum absolute atomic E-state index is 12.5. The fourth-order valence-electron chi connectivity index (χ4n) is 2.17. The molecular weight excluding hydrogens is 245 g/mol. The summed E-state index contributed by atoms with van der Waals surface area (Å²) < 4.78 is 37.4. The Kier molecular flexibility index (Phi) is 4.64. The number of amides is 1. The summed E-state index contributed by atoms with van der Waals surface area (Å²) in [4.78, 5) is 11.9. The Bertz CT molecular complexity index is 294. The summed E-state index contributed by atoms with van der Waals surface area (Å²) in [5, 5.41) is 2.78. The number of alkyl halides is 3. The number of hydrogen-bond donors (Lipinski definition) is 2. The molecule has 0 aliphatic heterocycles. The molecule has 0 heterocycles. The van der Waals surface area contributed by atoms with Gasteiger partial charge in [0.05, 0.1) is 5.92 Å². The van der Waals surface area contributed by atoms with E-state index >= 15 is 0 Å². The van der Waals surface area contributed by atoms with E-state index in [0.717, 1.165) is 0 Å². The molecule has 0 aromatic heterocycles. The molecular formula is C12H21F3N2O. The second kappa shape index (κ2) is 5.47. The van der Waals surface area contributed by atoms with Gasteiger partial charge in [0.25, 0.3) is 0 Å². The number of carbonyl (C=O) groups is 1. The van der Waals surface area contributed by atoms with Crippen molar-refractivity contribution in [2.24, 2.45) is 17.6 Å². The average molecular weight is 266 g/mol. The molecule has 0 saturated heterocycles. The predicted octanol–water partition coefficient (Wildman–Crippen LogP) is 2.21. The van der Waals surface area contributed by atoms with Gasteiger partial charge >= 0.3 is 6.18 Å². The number of hydrogen-bond acceptors (Lipinski definition) is 2. The SMILES string of the molecule is CC(C)(CN)NC(=O)C1CCC(C(F)(F)F)CC1. The van der Waals surface area contributed by atoms with Gasteiger partial charge in [-0.15, -0.1) is 0 Å². The monoisotopic (exact) mass is 266 g/mol. The number of halogens is 3. The van der Waals surface area contributed by atoms with Gasteiger partial charge in [-0.2, -0.15) is 13.2 Å². The number of nitrogens with one attached hydrogen (secondary N) is 1. The third kappa shape index (κ3) is 4.15. The summed E-state index contributed by atoms with van der Waals surface area (Å²) in [6, 6.07) is 0. The molecule has 0 radical (unpaired) electrons. The Morgan fingerprint density at radius 2 is 1.72 bits per heavy atom. The van der Waals surface area contributed by atoms with E-state index in [0.29, 0.717) is 19.4 Å². The Morgan fingerprint density at radius 1 is 1.22 bits per heavy atom. The van der Waals surface area contributed by atoms with Crippen LogP contribution < -0.4 is 11.1 Å². The zero-order chi connectivity index (χ0) is 14.0. The second-order valence-corrected chi connectivity index (χ2v) is 5.67.